The third kappa shape index (κ3) is 3.64. The molecule has 0 heterocycles. The average molecular weight is 238 g/mol. The molecule has 0 fully saturated rings. The molecule has 1 aromatic rings. The lowest BCUT2D eigenvalue weighted by atomic mass is 10.1. The molecule has 0 aliphatic heterocycles. The van der Waals surface area contributed by atoms with Crippen LogP contribution in [0.4, 0.5) is 0 Å². The molecule has 4 nitrogen and oxygen atoms in total. The maximum atomic E-state index is 10.5. The number of hydrogen-bond acceptors (Lipinski definition) is 2. The third-order valence-corrected chi connectivity index (χ3v) is 2.09. The van der Waals surface area contributed by atoms with E-state index < -0.39 is 11.9 Å². The molecule has 0 aliphatic carbocycles. The highest BCUT2D eigenvalue weighted by molar-refractivity contribution is 6.31. The minimum absolute atomic E-state index is 0.190. The lowest BCUT2D eigenvalue weighted by Gasteiger charge is -2.01. The molecule has 1 aromatic carbocycles. The monoisotopic (exact) mass is 237 g/mol. The lowest BCUT2D eigenvalue weighted by Crippen LogP contribution is -2.06. The number of aliphatic carboxylic acids is 1. The number of amides is 1. The number of benzene rings is 1. The first-order valence-electron chi connectivity index (χ1n) is 4.30. The van der Waals surface area contributed by atoms with Gasteiger partial charge in [-0.25, -0.2) is 0 Å². The highest BCUT2D eigenvalue weighted by Crippen LogP contribution is 2.17. The summed E-state index contributed by atoms with van der Waals surface area (Å²) in [5.74, 6) is 2.94. The van der Waals surface area contributed by atoms with Crippen molar-refractivity contribution in [2.45, 2.75) is 6.42 Å². The van der Waals surface area contributed by atoms with E-state index >= 15 is 0 Å². The van der Waals surface area contributed by atoms with Crippen molar-refractivity contribution < 1.29 is 14.7 Å². The van der Waals surface area contributed by atoms with E-state index in [1.807, 2.05) is 0 Å². The SMILES string of the molecule is NC(=O)C#Cc1ccc(Cl)c(CC(=O)O)c1. The number of carbonyl (C=O) groups excluding carboxylic acids is 1. The maximum Gasteiger partial charge on any atom is 0.307 e. The maximum absolute atomic E-state index is 10.5. The van der Waals surface area contributed by atoms with Crippen LogP contribution < -0.4 is 5.73 Å². The number of hydrogen-bond donors (Lipinski definition) is 2. The molecule has 82 valence electrons. The fourth-order valence-corrected chi connectivity index (χ4v) is 1.27. The Morgan fingerprint density at radius 3 is 2.69 bits per heavy atom. The molecule has 0 aromatic heterocycles. The molecule has 1 rings (SSSR count). The van der Waals surface area contributed by atoms with Crippen LogP contribution in [-0.2, 0) is 16.0 Å². The summed E-state index contributed by atoms with van der Waals surface area (Å²) in [5.41, 5.74) is 5.81. The van der Waals surface area contributed by atoms with E-state index in [2.05, 4.69) is 11.8 Å². The van der Waals surface area contributed by atoms with Crippen molar-refractivity contribution in [2.24, 2.45) is 5.73 Å². The first kappa shape index (κ1) is 12.1. The molecule has 1 amide bonds. The van der Waals surface area contributed by atoms with Crippen LogP contribution in [0.15, 0.2) is 18.2 Å². The molecule has 0 saturated carbocycles. The zero-order chi connectivity index (χ0) is 12.1. The van der Waals surface area contributed by atoms with E-state index in [9.17, 15) is 9.59 Å². The van der Waals surface area contributed by atoms with Crippen molar-refractivity contribution in [1.82, 2.24) is 0 Å². The average Bonchev–Trinajstić information content (AvgIpc) is 2.18. The molecule has 0 saturated heterocycles. The number of primary amides is 1. The second-order valence-corrected chi connectivity index (χ2v) is 3.40. The fraction of sp³-hybridized carbons (Fsp3) is 0.0909. The molecule has 0 unspecified atom stereocenters. The van der Waals surface area contributed by atoms with Crippen LogP contribution in [0.1, 0.15) is 11.1 Å². The molecule has 3 N–H and O–H groups in total. The minimum Gasteiger partial charge on any atom is -0.481 e. The Kier molecular flexibility index (Phi) is 3.92. The number of nitrogens with two attached hydrogens (primary N) is 1. The van der Waals surface area contributed by atoms with Gasteiger partial charge in [0, 0.05) is 10.6 Å². The minimum atomic E-state index is -0.984. The molecule has 5 heteroatoms. The second-order valence-electron chi connectivity index (χ2n) is 2.99. The van der Waals surface area contributed by atoms with Gasteiger partial charge in [0.1, 0.15) is 0 Å². The summed E-state index contributed by atoms with van der Waals surface area (Å²) in [6.07, 6.45) is -0.190. The summed E-state index contributed by atoms with van der Waals surface area (Å²) in [6, 6.07) is 4.64. The predicted molar refractivity (Wildman–Crippen MR) is 58.9 cm³/mol. The van der Waals surface area contributed by atoms with Crippen molar-refractivity contribution in [2.75, 3.05) is 0 Å². The molecule has 0 radical (unpaired) electrons. The van der Waals surface area contributed by atoms with Gasteiger partial charge in [-0.05, 0) is 29.7 Å². The molecule has 0 spiro atoms. The van der Waals surface area contributed by atoms with Crippen molar-refractivity contribution in [3.63, 3.8) is 0 Å². The third-order valence-electron chi connectivity index (χ3n) is 1.72. The van der Waals surface area contributed by atoms with Crippen LogP contribution >= 0.6 is 11.6 Å². The van der Waals surface area contributed by atoms with Crippen molar-refractivity contribution >= 4 is 23.5 Å². The zero-order valence-corrected chi connectivity index (χ0v) is 8.91. The van der Waals surface area contributed by atoms with Gasteiger partial charge >= 0.3 is 5.97 Å². The highest BCUT2D eigenvalue weighted by atomic mass is 35.5. The zero-order valence-electron chi connectivity index (χ0n) is 8.16. The smallest absolute Gasteiger partial charge is 0.307 e. The van der Waals surface area contributed by atoms with E-state index in [1.165, 1.54) is 12.1 Å². The second kappa shape index (κ2) is 5.19. The van der Waals surface area contributed by atoms with Gasteiger partial charge in [0.15, 0.2) is 0 Å². The van der Waals surface area contributed by atoms with Gasteiger partial charge in [-0.2, -0.15) is 0 Å². The van der Waals surface area contributed by atoms with Crippen LogP contribution in [0.5, 0.6) is 0 Å². The number of rotatable bonds is 2. The Bertz CT molecular complexity index is 500. The van der Waals surface area contributed by atoms with E-state index in [4.69, 9.17) is 22.4 Å². The number of carboxylic acid groups (broad SMARTS) is 1. The van der Waals surface area contributed by atoms with Gasteiger partial charge < -0.3 is 10.8 Å². The molecule has 0 aliphatic rings. The Morgan fingerprint density at radius 2 is 2.12 bits per heavy atom. The van der Waals surface area contributed by atoms with E-state index in [1.54, 1.807) is 6.07 Å². The Balaban J connectivity index is 3.04. The lowest BCUT2D eigenvalue weighted by molar-refractivity contribution is -0.136. The van der Waals surface area contributed by atoms with Gasteiger partial charge in [0.05, 0.1) is 6.42 Å². The van der Waals surface area contributed by atoms with E-state index in [-0.39, 0.29) is 6.42 Å². The van der Waals surface area contributed by atoms with Crippen LogP contribution in [0.3, 0.4) is 0 Å². The molecule has 16 heavy (non-hydrogen) atoms. The van der Waals surface area contributed by atoms with Gasteiger partial charge in [-0.15, -0.1) is 0 Å². The van der Waals surface area contributed by atoms with E-state index in [0.717, 1.165) is 0 Å². The summed E-state index contributed by atoms with van der Waals surface area (Å²) in [6.45, 7) is 0. The standard InChI is InChI=1S/C11H8ClNO3/c12-9-3-1-7(2-4-10(13)14)5-8(9)6-11(15)16/h1,3,5H,6H2,(H2,13,14)(H,15,16). The van der Waals surface area contributed by atoms with Crippen LogP contribution in [-0.4, -0.2) is 17.0 Å². The van der Waals surface area contributed by atoms with Crippen LogP contribution in [0.25, 0.3) is 0 Å². The van der Waals surface area contributed by atoms with Crippen molar-refractivity contribution in [3.8, 4) is 11.8 Å². The summed E-state index contributed by atoms with van der Waals surface area (Å²) in [4.78, 5) is 21.0. The van der Waals surface area contributed by atoms with Crippen molar-refractivity contribution in [1.29, 1.82) is 0 Å². The first-order valence-corrected chi connectivity index (χ1v) is 4.68. The normalized spacial score (nSPS) is 9.06. The van der Waals surface area contributed by atoms with Crippen LogP contribution in [0.2, 0.25) is 5.02 Å². The van der Waals surface area contributed by atoms with Gasteiger partial charge in [0.25, 0.3) is 5.91 Å². The first-order chi connectivity index (χ1) is 7.49. The number of carboxylic acids is 1. The predicted octanol–water partition coefficient (Wildman–Crippen LogP) is 0.804. The molecule has 0 bridgehead atoms. The topological polar surface area (TPSA) is 80.4 Å². The summed E-state index contributed by atoms with van der Waals surface area (Å²) in [5, 5.41) is 8.99. The molecule has 0 atom stereocenters. The summed E-state index contributed by atoms with van der Waals surface area (Å²) >= 11 is 5.80. The quantitative estimate of drug-likeness (QED) is 0.747. The number of carbonyl (C=O) groups is 2. The van der Waals surface area contributed by atoms with Crippen molar-refractivity contribution in [3.05, 3.63) is 34.3 Å². The Labute approximate surface area is 97.0 Å². The number of halogens is 1. The summed E-state index contributed by atoms with van der Waals surface area (Å²) in [7, 11) is 0. The molecular formula is C11H8ClNO3. The Morgan fingerprint density at radius 1 is 1.44 bits per heavy atom. The van der Waals surface area contributed by atoms with Gasteiger partial charge in [-0.1, -0.05) is 17.5 Å². The summed E-state index contributed by atoms with van der Waals surface area (Å²) < 4.78 is 0. The van der Waals surface area contributed by atoms with Gasteiger partial charge in [0.2, 0.25) is 0 Å². The van der Waals surface area contributed by atoms with Gasteiger partial charge in [-0.3, -0.25) is 9.59 Å². The Hall–Kier alpha value is -1.99. The van der Waals surface area contributed by atoms with Crippen LogP contribution in [0, 0.1) is 11.8 Å². The largest absolute Gasteiger partial charge is 0.481 e. The highest BCUT2D eigenvalue weighted by Gasteiger charge is 2.05. The van der Waals surface area contributed by atoms with E-state index in [0.29, 0.717) is 16.1 Å². The molecular weight excluding hydrogens is 230 g/mol. The fourth-order valence-electron chi connectivity index (χ4n) is 1.08.